The van der Waals surface area contributed by atoms with Crippen molar-refractivity contribution in [2.45, 2.75) is 42.8 Å². The zero-order valence-corrected chi connectivity index (χ0v) is 17.6. The molecule has 4 rings (SSSR count). The summed E-state index contributed by atoms with van der Waals surface area (Å²) in [4.78, 5) is 26.1. The van der Waals surface area contributed by atoms with Gasteiger partial charge in [-0.15, -0.1) is 0 Å². The first-order chi connectivity index (χ1) is 14.0. The van der Waals surface area contributed by atoms with Gasteiger partial charge in [0.25, 0.3) is 0 Å². The van der Waals surface area contributed by atoms with Crippen molar-refractivity contribution in [3.8, 4) is 5.75 Å². The number of hydrogen-bond acceptors (Lipinski definition) is 3. The number of esters is 1. The van der Waals surface area contributed by atoms with Crippen LogP contribution in [-0.4, -0.2) is 22.8 Å². The molecule has 2 bridgehead atoms. The average Bonchev–Trinajstić information content (AvgIpc) is 3.36. The van der Waals surface area contributed by atoms with E-state index in [2.05, 4.69) is 30.8 Å². The molecule has 2 saturated carbocycles. The van der Waals surface area contributed by atoms with Crippen LogP contribution in [0.4, 0.5) is 0 Å². The van der Waals surface area contributed by atoms with Gasteiger partial charge in [0, 0.05) is 27.9 Å². The summed E-state index contributed by atoms with van der Waals surface area (Å²) in [6, 6.07) is 17.5. The predicted molar refractivity (Wildman–Crippen MR) is 117 cm³/mol. The quantitative estimate of drug-likeness (QED) is 0.208. The Morgan fingerprint density at radius 3 is 2.34 bits per heavy atom. The van der Waals surface area contributed by atoms with Crippen molar-refractivity contribution >= 4 is 22.6 Å². The molecule has 0 spiro atoms. The maximum atomic E-state index is 13.1. The second-order valence-corrected chi connectivity index (χ2v) is 10.4. The molecule has 2 aliphatic carbocycles. The highest BCUT2D eigenvalue weighted by molar-refractivity contribution is 7.98. The van der Waals surface area contributed by atoms with E-state index in [-0.39, 0.29) is 16.7 Å². The van der Waals surface area contributed by atoms with Gasteiger partial charge in [0.15, 0.2) is 10.6 Å². The fourth-order valence-corrected chi connectivity index (χ4v) is 7.53. The normalized spacial score (nSPS) is 23.6. The number of fused-ring (bicyclic) bond motifs is 2. The lowest BCUT2D eigenvalue weighted by molar-refractivity contribution is -0.130. The zero-order chi connectivity index (χ0) is 20.4. The van der Waals surface area contributed by atoms with Gasteiger partial charge in [-0.25, -0.2) is 4.79 Å². The van der Waals surface area contributed by atoms with Crippen LogP contribution in [0.2, 0.25) is 0 Å². The van der Waals surface area contributed by atoms with Gasteiger partial charge in [-0.3, -0.25) is 4.79 Å². The number of carbonyl (C=O) groups is 2. The summed E-state index contributed by atoms with van der Waals surface area (Å²) < 4.78 is 5.23. The van der Waals surface area contributed by atoms with Crippen LogP contribution < -0.4 is 4.74 Å². The fraction of sp³-hybridized carbons (Fsp3) is 0.360. The minimum absolute atomic E-state index is 0.0605. The predicted octanol–water partition coefficient (Wildman–Crippen LogP) is 5.22. The van der Waals surface area contributed by atoms with Gasteiger partial charge < -0.3 is 4.74 Å². The maximum Gasteiger partial charge on any atom is 0.338 e. The second kappa shape index (κ2) is 8.58. The molecule has 4 unspecified atom stereocenters. The molecule has 0 aliphatic heterocycles. The van der Waals surface area contributed by atoms with E-state index in [1.54, 1.807) is 31.2 Å². The van der Waals surface area contributed by atoms with Crippen LogP contribution in [0.3, 0.4) is 0 Å². The Bertz CT molecular complexity index is 903. The molecule has 3 nitrogen and oxygen atoms in total. The molecule has 29 heavy (non-hydrogen) atoms. The summed E-state index contributed by atoms with van der Waals surface area (Å²) in [5.41, 5.74) is 1.03. The van der Waals surface area contributed by atoms with Crippen molar-refractivity contribution < 1.29 is 14.3 Å². The third kappa shape index (κ3) is 4.48. The zero-order valence-electron chi connectivity index (χ0n) is 16.8. The van der Waals surface area contributed by atoms with E-state index in [9.17, 15) is 9.59 Å². The first-order valence-corrected chi connectivity index (χ1v) is 11.7. The average molecular weight is 408 g/mol. The monoisotopic (exact) mass is 407 g/mol. The Hall–Kier alpha value is -2.33. The number of carbonyl (C=O) groups excluding carboxylic acids is 2. The molecular weight excluding hydrogens is 380 g/mol. The highest BCUT2D eigenvalue weighted by Crippen LogP contribution is 2.49. The molecule has 2 aromatic carbocycles. The summed E-state index contributed by atoms with van der Waals surface area (Å²) in [5.74, 6) is 2.35. The second-order valence-electron chi connectivity index (χ2n) is 8.22. The standard InChI is InChI=1S/C25H27O3S/c1-17(2)25(27)28-21-12-10-19(11-13-21)23(26)16-29(22-6-4-3-5-7-22)24-15-18-8-9-20(24)14-18/h3-7,10-13,18,20,24H,1,8-9,14-16H2,2H3/q+1. The number of rotatable bonds is 7. The Morgan fingerprint density at radius 1 is 1.03 bits per heavy atom. The van der Waals surface area contributed by atoms with Crippen molar-refractivity contribution in [1.29, 1.82) is 0 Å². The summed E-state index contributed by atoms with van der Waals surface area (Å²) in [6.45, 7) is 5.20. The highest BCUT2D eigenvalue weighted by Gasteiger charge is 2.50. The van der Waals surface area contributed by atoms with Crippen molar-refractivity contribution in [3.63, 3.8) is 0 Å². The molecule has 0 aromatic heterocycles. The van der Waals surface area contributed by atoms with E-state index in [1.807, 2.05) is 6.07 Å². The summed E-state index contributed by atoms with van der Waals surface area (Å²) in [6.07, 6.45) is 5.30. The molecule has 0 radical (unpaired) electrons. The number of ketones is 1. The number of hydrogen-bond donors (Lipinski definition) is 0. The maximum absolute atomic E-state index is 13.1. The van der Waals surface area contributed by atoms with Gasteiger partial charge in [0.2, 0.25) is 5.78 Å². The topological polar surface area (TPSA) is 43.4 Å². The Morgan fingerprint density at radius 2 is 1.76 bits per heavy atom. The van der Waals surface area contributed by atoms with Gasteiger partial charge in [-0.05, 0) is 74.9 Å². The molecule has 2 aromatic rings. The molecule has 2 fully saturated rings. The van der Waals surface area contributed by atoms with Gasteiger partial charge in [0.05, 0.1) is 0 Å². The molecule has 150 valence electrons. The lowest BCUT2D eigenvalue weighted by Gasteiger charge is -2.22. The van der Waals surface area contributed by atoms with Crippen LogP contribution in [-0.2, 0) is 15.7 Å². The lowest BCUT2D eigenvalue weighted by Crippen LogP contribution is -2.32. The summed E-state index contributed by atoms with van der Waals surface area (Å²) >= 11 is 0. The third-order valence-corrected chi connectivity index (χ3v) is 8.87. The van der Waals surface area contributed by atoms with Crippen LogP contribution in [0.5, 0.6) is 5.75 Å². The minimum Gasteiger partial charge on any atom is -0.423 e. The summed E-state index contributed by atoms with van der Waals surface area (Å²) in [5, 5.41) is 0.635. The first kappa shape index (κ1) is 20.0. The Labute approximate surface area is 175 Å². The third-order valence-electron chi connectivity index (χ3n) is 6.11. The Kier molecular flexibility index (Phi) is 5.91. The molecule has 0 heterocycles. The van der Waals surface area contributed by atoms with E-state index >= 15 is 0 Å². The largest absolute Gasteiger partial charge is 0.423 e. The van der Waals surface area contributed by atoms with Crippen molar-refractivity contribution in [1.82, 2.24) is 0 Å². The van der Waals surface area contributed by atoms with Gasteiger partial charge in [-0.2, -0.15) is 0 Å². The van der Waals surface area contributed by atoms with Crippen LogP contribution in [0, 0.1) is 11.8 Å². The minimum atomic E-state index is -0.453. The molecule has 0 amide bonds. The fourth-order valence-electron chi connectivity index (χ4n) is 4.62. The van der Waals surface area contributed by atoms with Gasteiger partial charge >= 0.3 is 5.97 Å². The molecule has 4 heteroatoms. The van der Waals surface area contributed by atoms with Crippen molar-refractivity contribution in [2.24, 2.45) is 11.8 Å². The van der Waals surface area contributed by atoms with Crippen molar-refractivity contribution in [2.75, 3.05) is 5.75 Å². The van der Waals surface area contributed by atoms with Gasteiger partial charge in [0.1, 0.15) is 11.0 Å². The van der Waals surface area contributed by atoms with E-state index in [4.69, 9.17) is 4.74 Å². The molecule has 4 atom stereocenters. The van der Waals surface area contributed by atoms with E-state index in [0.717, 1.165) is 11.8 Å². The number of Topliss-reactive ketones (excluding diaryl/α,β-unsaturated/α-hetero) is 1. The molecule has 0 saturated heterocycles. The van der Waals surface area contributed by atoms with Crippen LogP contribution in [0.25, 0.3) is 0 Å². The van der Waals surface area contributed by atoms with E-state index < -0.39 is 5.97 Å². The Balaban J connectivity index is 1.49. The van der Waals surface area contributed by atoms with Crippen LogP contribution in [0.1, 0.15) is 43.0 Å². The lowest BCUT2D eigenvalue weighted by atomic mass is 10.0. The molecule has 0 N–H and O–H groups in total. The van der Waals surface area contributed by atoms with Crippen LogP contribution in [0.15, 0.2) is 71.6 Å². The SMILES string of the molecule is C=C(C)C(=O)Oc1ccc(C(=O)C[S+](c2ccccc2)C2CC3CCC2C3)cc1. The number of benzene rings is 2. The molecular formula is C25H27O3S+. The van der Waals surface area contributed by atoms with E-state index in [0.29, 0.717) is 27.9 Å². The van der Waals surface area contributed by atoms with Gasteiger partial charge in [-0.1, -0.05) is 24.8 Å². The summed E-state index contributed by atoms with van der Waals surface area (Å²) in [7, 11) is -0.0605. The molecule has 2 aliphatic rings. The van der Waals surface area contributed by atoms with E-state index in [1.165, 1.54) is 30.6 Å². The van der Waals surface area contributed by atoms with Crippen LogP contribution >= 0.6 is 0 Å². The highest BCUT2D eigenvalue weighted by atomic mass is 32.2. The number of ether oxygens (including phenoxy) is 1. The smallest absolute Gasteiger partial charge is 0.338 e. The van der Waals surface area contributed by atoms with Crippen molar-refractivity contribution in [3.05, 3.63) is 72.3 Å². The first-order valence-electron chi connectivity index (χ1n) is 10.3.